The van der Waals surface area contributed by atoms with Gasteiger partial charge in [-0.1, -0.05) is 50.2 Å². The Bertz CT molecular complexity index is 764. The quantitative estimate of drug-likeness (QED) is 0.758. The molecule has 0 aliphatic heterocycles. The van der Waals surface area contributed by atoms with Gasteiger partial charge in [-0.25, -0.2) is 0 Å². The zero-order valence-electron chi connectivity index (χ0n) is 11.6. The summed E-state index contributed by atoms with van der Waals surface area (Å²) in [4.78, 5) is -0.871. The van der Waals surface area contributed by atoms with Crippen LogP contribution < -0.4 is 0 Å². The van der Waals surface area contributed by atoms with Crippen molar-refractivity contribution in [2.24, 2.45) is 0 Å². The molecular formula is C15H16O5S. The van der Waals surface area contributed by atoms with Crippen molar-refractivity contribution in [2.75, 3.05) is 0 Å². The smallest absolute Gasteiger partial charge is 0.301 e. The van der Waals surface area contributed by atoms with E-state index in [0.29, 0.717) is 5.56 Å². The van der Waals surface area contributed by atoms with Crippen LogP contribution in [0.2, 0.25) is 0 Å². The Morgan fingerprint density at radius 2 is 1.52 bits per heavy atom. The Kier molecular flexibility index (Phi) is 3.69. The van der Waals surface area contributed by atoms with Crippen LogP contribution in [0.15, 0.2) is 47.4 Å². The number of aromatic hydroxyl groups is 2. The van der Waals surface area contributed by atoms with Crippen molar-refractivity contribution in [3.05, 3.63) is 53.6 Å². The zero-order valence-corrected chi connectivity index (χ0v) is 12.4. The molecule has 6 heteroatoms. The molecule has 0 aromatic heterocycles. The SMILES string of the molecule is CC(C)(c1ccccc1)c1ccc(O)c(S(=O)(=O)O)c1O. The third kappa shape index (κ3) is 2.72. The molecule has 2 aromatic rings. The summed E-state index contributed by atoms with van der Waals surface area (Å²) in [6.07, 6.45) is 0. The number of hydrogen-bond donors (Lipinski definition) is 3. The highest BCUT2D eigenvalue weighted by Gasteiger charge is 2.31. The van der Waals surface area contributed by atoms with Gasteiger partial charge in [0.05, 0.1) is 0 Å². The fraction of sp³-hybridized carbons (Fsp3) is 0.200. The molecule has 0 heterocycles. The zero-order chi connectivity index (χ0) is 15.8. The summed E-state index contributed by atoms with van der Waals surface area (Å²) in [5, 5.41) is 19.8. The van der Waals surface area contributed by atoms with Crippen molar-refractivity contribution < 1.29 is 23.2 Å². The van der Waals surface area contributed by atoms with Crippen LogP contribution in [0.3, 0.4) is 0 Å². The van der Waals surface area contributed by atoms with Gasteiger partial charge in [-0.05, 0) is 11.6 Å². The van der Waals surface area contributed by atoms with Crippen LogP contribution in [0.1, 0.15) is 25.0 Å². The average Bonchev–Trinajstić information content (AvgIpc) is 2.37. The van der Waals surface area contributed by atoms with Crippen LogP contribution in [-0.4, -0.2) is 23.2 Å². The molecule has 0 atom stereocenters. The first-order valence-corrected chi connectivity index (χ1v) is 7.68. The fourth-order valence-corrected chi connectivity index (χ4v) is 3.02. The van der Waals surface area contributed by atoms with Gasteiger partial charge < -0.3 is 10.2 Å². The fourth-order valence-electron chi connectivity index (χ4n) is 2.33. The van der Waals surface area contributed by atoms with Gasteiger partial charge in [0.2, 0.25) is 0 Å². The highest BCUT2D eigenvalue weighted by Crippen LogP contribution is 2.42. The van der Waals surface area contributed by atoms with Gasteiger partial charge in [0.1, 0.15) is 11.5 Å². The number of phenolic OH excluding ortho intramolecular Hbond substituents is 2. The largest absolute Gasteiger partial charge is 0.506 e. The van der Waals surface area contributed by atoms with Crippen LogP contribution in [0.5, 0.6) is 11.5 Å². The Morgan fingerprint density at radius 3 is 2.05 bits per heavy atom. The van der Waals surface area contributed by atoms with E-state index in [4.69, 9.17) is 4.55 Å². The second-order valence-corrected chi connectivity index (χ2v) is 6.63. The van der Waals surface area contributed by atoms with E-state index in [1.54, 1.807) is 0 Å². The molecule has 0 aliphatic carbocycles. The normalized spacial score (nSPS) is 12.3. The molecule has 0 amide bonds. The molecule has 0 radical (unpaired) electrons. The standard InChI is InChI=1S/C15H16O5S/c1-15(2,10-6-4-3-5-7-10)11-8-9-12(16)14(13(11)17)21(18,19)20/h3-9,16-17H,1-2H3,(H,18,19,20). The van der Waals surface area contributed by atoms with Gasteiger partial charge in [-0.3, -0.25) is 4.55 Å². The van der Waals surface area contributed by atoms with E-state index >= 15 is 0 Å². The molecule has 112 valence electrons. The lowest BCUT2D eigenvalue weighted by Gasteiger charge is -2.27. The first-order chi connectivity index (χ1) is 9.65. The maximum Gasteiger partial charge on any atom is 0.301 e. The minimum absolute atomic E-state index is 0.291. The summed E-state index contributed by atoms with van der Waals surface area (Å²) in [6.45, 7) is 3.62. The summed E-state index contributed by atoms with van der Waals surface area (Å²) in [7, 11) is -4.73. The lowest BCUT2D eigenvalue weighted by atomic mass is 9.77. The van der Waals surface area contributed by atoms with Crippen molar-refractivity contribution in [3.8, 4) is 11.5 Å². The second-order valence-electron chi connectivity index (χ2n) is 5.28. The molecule has 0 unspecified atom stereocenters. The van der Waals surface area contributed by atoms with Gasteiger partial charge >= 0.3 is 10.1 Å². The third-order valence-electron chi connectivity index (χ3n) is 3.54. The van der Waals surface area contributed by atoms with Crippen molar-refractivity contribution in [3.63, 3.8) is 0 Å². The maximum absolute atomic E-state index is 11.3. The van der Waals surface area contributed by atoms with Crippen LogP contribution in [0.25, 0.3) is 0 Å². The van der Waals surface area contributed by atoms with Crippen molar-refractivity contribution in [2.45, 2.75) is 24.2 Å². The maximum atomic E-state index is 11.3. The summed E-state index contributed by atoms with van der Waals surface area (Å²) in [6, 6.07) is 11.8. The number of phenols is 2. The van der Waals surface area contributed by atoms with Crippen LogP contribution in [0.4, 0.5) is 0 Å². The first-order valence-electron chi connectivity index (χ1n) is 6.24. The Labute approximate surface area is 123 Å². The van der Waals surface area contributed by atoms with Crippen LogP contribution in [-0.2, 0) is 15.5 Å². The third-order valence-corrected chi connectivity index (χ3v) is 4.46. The van der Waals surface area contributed by atoms with E-state index < -0.39 is 31.9 Å². The molecule has 0 saturated carbocycles. The van der Waals surface area contributed by atoms with Gasteiger partial charge in [0.25, 0.3) is 0 Å². The lowest BCUT2D eigenvalue weighted by Crippen LogP contribution is -2.19. The molecule has 5 nitrogen and oxygen atoms in total. The Hall–Kier alpha value is -2.05. The molecule has 0 saturated heterocycles. The lowest BCUT2D eigenvalue weighted by molar-refractivity contribution is 0.400. The molecule has 3 N–H and O–H groups in total. The van der Waals surface area contributed by atoms with Crippen LogP contribution in [0, 0.1) is 0 Å². The van der Waals surface area contributed by atoms with E-state index in [0.717, 1.165) is 11.6 Å². The second kappa shape index (κ2) is 5.05. The van der Waals surface area contributed by atoms with Gasteiger partial charge in [-0.2, -0.15) is 8.42 Å². The topological polar surface area (TPSA) is 94.8 Å². The highest BCUT2D eigenvalue weighted by molar-refractivity contribution is 7.86. The molecular weight excluding hydrogens is 292 g/mol. The Morgan fingerprint density at radius 1 is 0.952 bits per heavy atom. The molecule has 0 spiro atoms. The van der Waals surface area contributed by atoms with E-state index in [9.17, 15) is 18.6 Å². The first kappa shape index (κ1) is 15.3. The highest BCUT2D eigenvalue weighted by atomic mass is 32.2. The number of benzene rings is 2. The monoisotopic (exact) mass is 308 g/mol. The van der Waals surface area contributed by atoms with E-state index in [1.807, 2.05) is 44.2 Å². The predicted molar refractivity (Wildman–Crippen MR) is 78.2 cm³/mol. The summed E-state index contributed by atoms with van der Waals surface area (Å²) < 4.78 is 31.8. The Balaban J connectivity index is 2.72. The molecule has 0 bridgehead atoms. The van der Waals surface area contributed by atoms with Crippen molar-refractivity contribution in [1.82, 2.24) is 0 Å². The van der Waals surface area contributed by atoms with E-state index in [1.165, 1.54) is 6.07 Å². The summed E-state index contributed by atoms with van der Waals surface area (Å²) in [5.74, 6) is -1.34. The van der Waals surface area contributed by atoms with E-state index in [2.05, 4.69) is 0 Å². The van der Waals surface area contributed by atoms with Gasteiger partial charge in [-0.15, -0.1) is 0 Å². The van der Waals surface area contributed by atoms with Gasteiger partial charge in [0.15, 0.2) is 4.90 Å². The molecule has 0 fully saturated rings. The molecule has 2 rings (SSSR count). The van der Waals surface area contributed by atoms with Crippen molar-refractivity contribution >= 4 is 10.1 Å². The molecule has 21 heavy (non-hydrogen) atoms. The number of rotatable bonds is 3. The number of hydrogen-bond acceptors (Lipinski definition) is 4. The molecule has 2 aromatic carbocycles. The average molecular weight is 308 g/mol. The van der Waals surface area contributed by atoms with E-state index in [-0.39, 0.29) is 0 Å². The molecule has 0 aliphatic rings. The van der Waals surface area contributed by atoms with Crippen LogP contribution >= 0.6 is 0 Å². The van der Waals surface area contributed by atoms with Gasteiger partial charge in [0, 0.05) is 11.0 Å². The summed E-state index contributed by atoms with van der Waals surface area (Å²) >= 11 is 0. The van der Waals surface area contributed by atoms with Crippen molar-refractivity contribution in [1.29, 1.82) is 0 Å². The minimum atomic E-state index is -4.73. The summed E-state index contributed by atoms with van der Waals surface area (Å²) in [5.41, 5.74) is 0.435. The predicted octanol–water partition coefficient (Wildman–Crippen LogP) is 2.67. The minimum Gasteiger partial charge on any atom is -0.506 e.